The predicted molar refractivity (Wildman–Crippen MR) is 70.0 cm³/mol. The van der Waals surface area contributed by atoms with Crippen LogP contribution >= 0.6 is 0 Å². The van der Waals surface area contributed by atoms with Gasteiger partial charge in [-0.2, -0.15) is 0 Å². The molecule has 0 heterocycles. The molecule has 1 aromatic rings. The van der Waals surface area contributed by atoms with E-state index in [0.717, 1.165) is 6.07 Å². The van der Waals surface area contributed by atoms with Gasteiger partial charge < -0.3 is 15.9 Å². The van der Waals surface area contributed by atoms with Crippen LogP contribution in [0, 0.1) is 0 Å². The summed E-state index contributed by atoms with van der Waals surface area (Å²) in [6.45, 7) is 3.63. The number of hydrogen-bond acceptors (Lipinski definition) is 5. The van der Waals surface area contributed by atoms with Gasteiger partial charge in [0.25, 0.3) is 0 Å². The number of ketones is 1. The van der Waals surface area contributed by atoms with Crippen molar-refractivity contribution in [1.82, 2.24) is 4.90 Å². The largest absolute Gasteiger partial charge is 0.508 e. The molecule has 1 amide bonds. The van der Waals surface area contributed by atoms with Crippen LogP contribution in [0.1, 0.15) is 24.2 Å². The third kappa shape index (κ3) is 4.26. The summed E-state index contributed by atoms with van der Waals surface area (Å²) < 4.78 is 0. The first-order chi connectivity index (χ1) is 8.81. The van der Waals surface area contributed by atoms with E-state index in [4.69, 9.17) is 10.8 Å². The molecular formula is C13H18N2O4. The predicted octanol–water partition coefficient (Wildman–Crippen LogP) is 0.476. The molecule has 0 saturated carbocycles. The average molecular weight is 266 g/mol. The van der Waals surface area contributed by atoms with Gasteiger partial charge in [-0.15, -0.1) is 0 Å². The fourth-order valence-electron chi connectivity index (χ4n) is 1.65. The summed E-state index contributed by atoms with van der Waals surface area (Å²) in [4.78, 5) is 24.6. The Morgan fingerprint density at radius 2 is 1.89 bits per heavy atom. The zero-order valence-electron chi connectivity index (χ0n) is 11.0. The summed E-state index contributed by atoms with van der Waals surface area (Å²) >= 11 is 0. The molecule has 19 heavy (non-hydrogen) atoms. The maximum Gasteiger partial charge on any atom is 0.231 e. The van der Waals surface area contributed by atoms with Gasteiger partial charge >= 0.3 is 0 Å². The van der Waals surface area contributed by atoms with Crippen LogP contribution in [0.5, 0.6) is 11.5 Å². The van der Waals surface area contributed by atoms with E-state index in [0.29, 0.717) is 0 Å². The zero-order valence-corrected chi connectivity index (χ0v) is 11.0. The van der Waals surface area contributed by atoms with E-state index in [1.54, 1.807) is 4.90 Å². The molecule has 0 spiro atoms. The van der Waals surface area contributed by atoms with Gasteiger partial charge in [0.1, 0.15) is 11.5 Å². The van der Waals surface area contributed by atoms with Gasteiger partial charge in [0.2, 0.25) is 5.91 Å². The first-order valence-corrected chi connectivity index (χ1v) is 5.88. The van der Waals surface area contributed by atoms with E-state index in [2.05, 4.69) is 0 Å². The van der Waals surface area contributed by atoms with Crippen molar-refractivity contribution in [3.63, 3.8) is 0 Å². The number of carbonyl (C=O) groups excluding carboxylic acids is 2. The maximum atomic E-state index is 12.0. The topological polar surface area (TPSA) is 104 Å². The highest BCUT2D eigenvalue weighted by atomic mass is 16.3. The van der Waals surface area contributed by atoms with Gasteiger partial charge in [-0.25, -0.2) is 0 Å². The average Bonchev–Trinajstić information content (AvgIpc) is 2.26. The number of nitrogens with zero attached hydrogens (tertiary/aromatic N) is 1. The molecule has 0 aliphatic rings. The Bertz CT molecular complexity index is 486. The normalized spacial score (nSPS) is 10.9. The number of primary amides is 1. The van der Waals surface area contributed by atoms with Gasteiger partial charge in [0.15, 0.2) is 5.78 Å². The van der Waals surface area contributed by atoms with Crippen LogP contribution in [-0.4, -0.2) is 45.9 Å². The molecular weight excluding hydrogens is 248 g/mol. The Morgan fingerprint density at radius 3 is 2.37 bits per heavy atom. The summed E-state index contributed by atoms with van der Waals surface area (Å²) in [5.41, 5.74) is 5.23. The maximum absolute atomic E-state index is 12.0. The highest BCUT2D eigenvalue weighted by molar-refractivity contribution is 6.00. The third-order valence-electron chi connectivity index (χ3n) is 2.72. The standard InChI is InChI=1S/C13H18N2O4/c1-8(2)15(7-13(14)19)6-12(18)10-4-3-9(16)5-11(10)17/h3-5,8,16-17H,6-7H2,1-2H3,(H2,14,19). The molecule has 4 N–H and O–H groups in total. The van der Waals surface area contributed by atoms with Crippen LogP contribution in [-0.2, 0) is 4.79 Å². The number of phenols is 2. The Kier molecular flexibility index (Phi) is 4.88. The lowest BCUT2D eigenvalue weighted by Gasteiger charge is -2.24. The molecule has 0 unspecified atom stereocenters. The summed E-state index contributed by atoms with van der Waals surface area (Å²) in [5, 5.41) is 18.8. The van der Waals surface area contributed by atoms with Gasteiger partial charge in [-0.05, 0) is 26.0 Å². The molecule has 1 rings (SSSR count). The fraction of sp³-hybridized carbons (Fsp3) is 0.385. The SMILES string of the molecule is CC(C)N(CC(N)=O)CC(=O)c1ccc(O)cc1O. The van der Waals surface area contributed by atoms with Crippen LogP contribution < -0.4 is 5.73 Å². The lowest BCUT2D eigenvalue weighted by atomic mass is 10.1. The van der Waals surface area contributed by atoms with E-state index in [1.807, 2.05) is 13.8 Å². The van der Waals surface area contributed by atoms with Crippen molar-refractivity contribution in [2.45, 2.75) is 19.9 Å². The van der Waals surface area contributed by atoms with E-state index in [-0.39, 0.29) is 42.0 Å². The fourth-order valence-corrected chi connectivity index (χ4v) is 1.65. The minimum Gasteiger partial charge on any atom is -0.508 e. The van der Waals surface area contributed by atoms with Crippen molar-refractivity contribution in [1.29, 1.82) is 0 Å². The summed E-state index contributed by atoms with van der Waals surface area (Å²) in [7, 11) is 0. The lowest BCUT2D eigenvalue weighted by Crippen LogP contribution is -2.41. The number of hydrogen-bond donors (Lipinski definition) is 3. The second-order valence-electron chi connectivity index (χ2n) is 4.59. The van der Waals surface area contributed by atoms with Gasteiger partial charge in [-0.3, -0.25) is 14.5 Å². The van der Waals surface area contributed by atoms with Crippen LogP contribution in [0.3, 0.4) is 0 Å². The number of Topliss-reactive ketones (excluding diaryl/α,β-unsaturated/α-hetero) is 1. The van der Waals surface area contributed by atoms with E-state index >= 15 is 0 Å². The van der Waals surface area contributed by atoms with Crippen molar-refractivity contribution in [3.05, 3.63) is 23.8 Å². The zero-order chi connectivity index (χ0) is 14.6. The second-order valence-corrected chi connectivity index (χ2v) is 4.59. The van der Waals surface area contributed by atoms with E-state index in [1.165, 1.54) is 12.1 Å². The van der Waals surface area contributed by atoms with Crippen LogP contribution in [0.15, 0.2) is 18.2 Å². The number of rotatable bonds is 6. The number of amides is 1. The van der Waals surface area contributed by atoms with Gasteiger partial charge in [0, 0.05) is 12.1 Å². The number of benzene rings is 1. The Hall–Kier alpha value is -2.08. The molecule has 0 aromatic heterocycles. The van der Waals surface area contributed by atoms with E-state index < -0.39 is 5.91 Å². The molecule has 0 saturated heterocycles. The molecule has 0 bridgehead atoms. The minimum atomic E-state index is -0.517. The molecule has 104 valence electrons. The van der Waals surface area contributed by atoms with Crippen molar-refractivity contribution >= 4 is 11.7 Å². The number of phenolic OH excluding ortho intramolecular Hbond substituents is 2. The van der Waals surface area contributed by atoms with Crippen LogP contribution in [0.2, 0.25) is 0 Å². The monoisotopic (exact) mass is 266 g/mol. The highest BCUT2D eigenvalue weighted by Crippen LogP contribution is 2.23. The van der Waals surface area contributed by atoms with Gasteiger partial charge in [0.05, 0.1) is 18.7 Å². The second kappa shape index (κ2) is 6.19. The summed E-state index contributed by atoms with van der Waals surface area (Å²) in [6.07, 6.45) is 0. The molecule has 0 aliphatic carbocycles. The van der Waals surface area contributed by atoms with Crippen molar-refractivity contribution < 1.29 is 19.8 Å². The van der Waals surface area contributed by atoms with Crippen molar-refractivity contribution in [2.75, 3.05) is 13.1 Å². The van der Waals surface area contributed by atoms with Crippen molar-refractivity contribution in [3.8, 4) is 11.5 Å². The van der Waals surface area contributed by atoms with Crippen LogP contribution in [0.4, 0.5) is 0 Å². The summed E-state index contributed by atoms with van der Waals surface area (Å²) in [5.74, 6) is -1.26. The molecule has 0 radical (unpaired) electrons. The smallest absolute Gasteiger partial charge is 0.231 e. The molecule has 0 atom stereocenters. The van der Waals surface area contributed by atoms with Crippen LogP contribution in [0.25, 0.3) is 0 Å². The quantitative estimate of drug-likeness (QED) is 0.649. The Balaban J connectivity index is 2.84. The number of nitrogens with two attached hydrogens (primary N) is 1. The first-order valence-electron chi connectivity index (χ1n) is 5.88. The molecule has 1 aromatic carbocycles. The number of aromatic hydroxyl groups is 2. The minimum absolute atomic E-state index is 0.0255. The lowest BCUT2D eigenvalue weighted by molar-refractivity contribution is -0.119. The molecule has 0 aliphatic heterocycles. The summed E-state index contributed by atoms with van der Waals surface area (Å²) in [6, 6.07) is 3.73. The van der Waals surface area contributed by atoms with Crippen molar-refractivity contribution in [2.24, 2.45) is 5.73 Å². The third-order valence-corrected chi connectivity index (χ3v) is 2.72. The molecule has 6 heteroatoms. The van der Waals surface area contributed by atoms with E-state index in [9.17, 15) is 14.7 Å². The molecule has 6 nitrogen and oxygen atoms in total. The Labute approximate surface area is 111 Å². The highest BCUT2D eigenvalue weighted by Gasteiger charge is 2.19. The first kappa shape index (κ1) is 15.0. The molecule has 0 fully saturated rings. The Morgan fingerprint density at radius 1 is 1.26 bits per heavy atom. The number of carbonyl (C=O) groups is 2. The van der Waals surface area contributed by atoms with Gasteiger partial charge in [-0.1, -0.05) is 0 Å².